The molecule has 0 spiro atoms. The van der Waals surface area contributed by atoms with Crippen LogP contribution in [0.5, 0.6) is 11.5 Å². The van der Waals surface area contributed by atoms with Crippen molar-refractivity contribution >= 4 is 88.2 Å². The van der Waals surface area contributed by atoms with Crippen LogP contribution in [0.2, 0.25) is 0 Å². The molecule has 0 atom stereocenters. The molecule has 294 valence electrons. The summed E-state index contributed by atoms with van der Waals surface area (Å²) in [5.74, 6) is 2.06. The SMILES string of the molecule is Cc1cnc(-n2c3[c-]c(Oc4[c-]c(N5[CH-]N(c6c7c(cc8c9ccccc9n(C)c68)c6ccccc6n7C)c6ccccc65)ccc4)ccc3c3ccccc32)cc1C.[Pt]. The van der Waals surface area contributed by atoms with Crippen molar-refractivity contribution in [2.75, 3.05) is 9.80 Å². The van der Waals surface area contributed by atoms with E-state index in [1.165, 1.54) is 49.2 Å². The molecule has 4 aromatic heterocycles. The second kappa shape index (κ2) is 13.6. The molecule has 1 aliphatic heterocycles. The van der Waals surface area contributed by atoms with Crippen LogP contribution in [0.4, 0.5) is 22.7 Å². The van der Waals surface area contributed by atoms with Gasteiger partial charge in [-0.1, -0.05) is 72.2 Å². The summed E-state index contributed by atoms with van der Waals surface area (Å²) < 4.78 is 13.5. The van der Waals surface area contributed by atoms with E-state index in [1.807, 2.05) is 24.4 Å². The Hall–Kier alpha value is -6.82. The molecule has 0 saturated carbocycles. The number of aromatic nitrogens is 4. The van der Waals surface area contributed by atoms with Gasteiger partial charge in [-0.05, 0) is 72.8 Å². The Kier molecular flexibility index (Phi) is 8.23. The topological polar surface area (TPSA) is 43.4 Å². The molecule has 5 heterocycles. The molecule has 0 aliphatic carbocycles. The standard InChI is InChI=1S/C52H37N6O.Pt/c1-32-26-49(53-30-33(32)2)58-45-21-10-7-16-37(45)40-25-24-36(28-48(40)58)59-35-15-13-14-34(27-35)56-31-57(47-23-12-11-22-46(47)56)52-50-41(38-17-5-8-19-43(38)54(50)3)29-42-39-18-6-9-20-44(39)55(4)51(42)52;/h5-26,29-31H,1-4H3;/q-3;. The van der Waals surface area contributed by atoms with Crippen LogP contribution >= 0.6 is 0 Å². The van der Waals surface area contributed by atoms with Gasteiger partial charge in [0, 0.05) is 102 Å². The van der Waals surface area contributed by atoms with Crippen molar-refractivity contribution in [3.05, 3.63) is 176 Å². The first kappa shape index (κ1) is 36.3. The molecular formula is C52H37N6OPt-3. The minimum absolute atomic E-state index is 0. The number of nitrogens with zero attached hydrogens (tertiary/aromatic N) is 6. The van der Waals surface area contributed by atoms with Crippen molar-refractivity contribution in [1.82, 2.24) is 18.7 Å². The fraction of sp³-hybridized carbons (Fsp3) is 0.0769. The minimum Gasteiger partial charge on any atom is -0.509 e. The maximum Gasteiger partial charge on any atom is 0.135 e. The largest absolute Gasteiger partial charge is 0.509 e. The van der Waals surface area contributed by atoms with E-state index < -0.39 is 0 Å². The second-order valence-corrected chi connectivity index (χ2v) is 15.6. The van der Waals surface area contributed by atoms with E-state index in [4.69, 9.17) is 9.72 Å². The number of hydrogen-bond acceptors (Lipinski definition) is 4. The number of rotatable bonds is 5. The summed E-state index contributed by atoms with van der Waals surface area (Å²) in [6.45, 7) is 6.42. The third-order valence-electron chi connectivity index (χ3n) is 12.3. The second-order valence-electron chi connectivity index (χ2n) is 15.6. The van der Waals surface area contributed by atoms with Crippen molar-refractivity contribution < 1.29 is 25.8 Å². The molecule has 7 aromatic carbocycles. The van der Waals surface area contributed by atoms with E-state index in [-0.39, 0.29) is 21.1 Å². The molecule has 11 aromatic rings. The number of para-hydroxylation sites is 5. The Morgan fingerprint density at radius 2 is 1.12 bits per heavy atom. The summed E-state index contributed by atoms with van der Waals surface area (Å²) >= 11 is 0. The third kappa shape index (κ3) is 5.22. The van der Waals surface area contributed by atoms with Crippen molar-refractivity contribution in [1.29, 1.82) is 0 Å². The van der Waals surface area contributed by atoms with E-state index in [0.717, 1.165) is 55.9 Å². The molecule has 0 radical (unpaired) electrons. The molecule has 12 rings (SSSR count). The van der Waals surface area contributed by atoms with Crippen LogP contribution in [-0.2, 0) is 35.2 Å². The molecule has 1 aliphatic rings. The summed E-state index contributed by atoms with van der Waals surface area (Å²) in [6.07, 6.45) is 1.94. The van der Waals surface area contributed by atoms with Crippen molar-refractivity contribution in [3.63, 3.8) is 0 Å². The molecular weight excluding hydrogens is 920 g/mol. The molecule has 0 bridgehead atoms. The van der Waals surface area contributed by atoms with Gasteiger partial charge >= 0.3 is 0 Å². The zero-order chi connectivity index (χ0) is 39.5. The fourth-order valence-electron chi connectivity index (χ4n) is 9.33. The monoisotopic (exact) mass is 956 g/mol. The smallest absolute Gasteiger partial charge is 0.135 e. The summed E-state index contributed by atoms with van der Waals surface area (Å²) in [4.78, 5) is 9.42. The van der Waals surface area contributed by atoms with E-state index >= 15 is 0 Å². The molecule has 60 heavy (non-hydrogen) atoms. The normalized spacial score (nSPS) is 12.7. The van der Waals surface area contributed by atoms with Gasteiger partial charge in [0.1, 0.15) is 5.82 Å². The molecule has 0 unspecified atom stereocenters. The van der Waals surface area contributed by atoms with Gasteiger partial charge < -0.3 is 28.2 Å². The summed E-state index contributed by atoms with van der Waals surface area (Å²) in [5.41, 5.74) is 13.2. The minimum atomic E-state index is 0. The molecule has 8 heteroatoms. The van der Waals surface area contributed by atoms with Crippen LogP contribution in [0, 0.1) is 32.6 Å². The van der Waals surface area contributed by atoms with Gasteiger partial charge in [0.15, 0.2) is 0 Å². The van der Waals surface area contributed by atoms with Gasteiger partial charge in [0.25, 0.3) is 0 Å². The van der Waals surface area contributed by atoms with E-state index in [0.29, 0.717) is 11.5 Å². The molecule has 0 fully saturated rings. The van der Waals surface area contributed by atoms with Crippen LogP contribution in [0.1, 0.15) is 11.1 Å². The van der Waals surface area contributed by atoms with Gasteiger partial charge in [0.2, 0.25) is 0 Å². The fourth-order valence-corrected chi connectivity index (χ4v) is 9.33. The first-order valence-corrected chi connectivity index (χ1v) is 19.9. The van der Waals surface area contributed by atoms with Gasteiger partial charge in [-0.15, -0.1) is 48.1 Å². The zero-order valence-electron chi connectivity index (χ0n) is 33.3. The Morgan fingerprint density at radius 1 is 0.533 bits per heavy atom. The number of ether oxygens (including phenoxy) is 1. The summed E-state index contributed by atoms with van der Waals surface area (Å²) in [7, 11) is 4.37. The van der Waals surface area contributed by atoms with Crippen molar-refractivity contribution in [2.24, 2.45) is 14.1 Å². The Morgan fingerprint density at radius 3 is 1.78 bits per heavy atom. The number of anilines is 4. The number of aryl methyl sites for hydroxylation is 4. The maximum absolute atomic E-state index is 6.62. The van der Waals surface area contributed by atoms with E-state index in [1.54, 1.807) is 0 Å². The maximum atomic E-state index is 6.62. The molecule has 7 nitrogen and oxygen atoms in total. The Labute approximate surface area is 361 Å². The predicted octanol–water partition coefficient (Wildman–Crippen LogP) is 12.9. The van der Waals surface area contributed by atoms with Crippen LogP contribution in [0.3, 0.4) is 0 Å². The van der Waals surface area contributed by atoms with Crippen molar-refractivity contribution in [3.8, 4) is 17.3 Å². The Balaban J connectivity index is 0.00000408. The molecule has 0 saturated heterocycles. The number of fused-ring (bicyclic) bond motifs is 10. The first-order valence-electron chi connectivity index (χ1n) is 19.9. The molecule has 0 N–H and O–H groups in total. The summed E-state index contributed by atoms with van der Waals surface area (Å²) in [5, 5.41) is 7.18. The number of pyridine rings is 1. The quantitative estimate of drug-likeness (QED) is 0.161. The van der Waals surface area contributed by atoms with Crippen LogP contribution in [0.25, 0.3) is 71.2 Å². The predicted molar refractivity (Wildman–Crippen MR) is 242 cm³/mol. The average Bonchev–Trinajstić information content (AvgIpc) is 3.98. The van der Waals surface area contributed by atoms with E-state index in [2.05, 4.69) is 192 Å². The zero-order valence-corrected chi connectivity index (χ0v) is 35.6. The Bertz CT molecular complexity index is 3450. The van der Waals surface area contributed by atoms with Crippen LogP contribution in [-0.4, -0.2) is 18.7 Å². The van der Waals surface area contributed by atoms with Gasteiger partial charge in [-0.25, -0.2) is 4.98 Å². The van der Waals surface area contributed by atoms with Gasteiger partial charge in [-0.3, -0.25) is 0 Å². The summed E-state index contributed by atoms with van der Waals surface area (Å²) in [6, 6.07) is 56.4. The van der Waals surface area contributed by atoms with Gasteiger partial charge in [0.05, 0.1) is 16.7 Å². The molecule has 0 amide bonds. The third-order valence-corrected chi connectivity index (χ3v) is 12.3. The first-order chi connectivity index (χ1) is 28.9. The average molecular weight is 957 g/mol. The van der Waals surface area contributed by atoms with Gasteiger partial charge in [-0.2, -0.15) is 12.1 Å². The number of benzene rings is 7. The van der Waals surface area contributed by atoms with Crippen LogP contribution in [0.15, 0.2) is 146 Å². The van der Waals surface area contributed by atoms with E-state index in [9.17, 15) is 0 Å². The van der Waals surface area contributed by atoms with Crippen molar-refractivity contribution in [2.45, 2.75) is 13.8 Å². The van der Waals surface area contributed by atoms with Crippen LogP contribution < -0.4 is 14.5 Å². The number of hydrogen-bond donors (Lipinski definition) is 0.